The van der Waals surface area contributed by atoms with E-state index in [1.165, 1.54) is 32.7 Å². The van der Waals surface area contributed by atoms with Crippen molar-refractivity contribution in [2.45, 2.75) is 13.0 Å². The van der Waals surface area contributed by atoms with Crippen LogP contribution >= 0.6 is 11.3 Å². The molecule has 2 amide bonds. The van der Waals surface area contributed by atoms with Gasteiger partial charge in [-0.3, -0.25) is 4.79 Å². The summed E-state index contributed by atoms with van der Waals surface area (Å²) in [7, 11) is 4.35. The minimum absolute atomic E-state index is 0.355. The van der Waals surface area contributed by atoms with Crippen molar-refractivity contribution in [3.8, 4) is 17.6 Å². The van der Waals surface area contributed by atoms with Gasteiger partial charge in [-0.15, -0.1) is 11.3 Å². The highest BCUT2D eigenvalue weighted by atomic mass is 32.1. The molecule has 0 atom stereocenters. The highest BCUT2D eigenvalue weighted by Crippen LogP contribution is 2.37. The Bertz CT molecular complexity index is 963. The molecule has 0 saturated heterocycles. The van der Waals surface area contributed by atoms with Crippen LogP contribution < -0.4 is 14.8 Å². The summed E-state index contributed by atoms with van der Waals surface area (Å²) >= 11 is 1.30. The molecule has 2 aromatic rings. The Morgan fingerprint density at radius 3 is 2.61 bits per heavy atom. The second-order valence-corrected chi connectivity index (χ2v) is 7.09. The Labute approximate surface area is 166 Å². The lowest BCUT2D eigenvalue weighted by molar-refractivity contribution is 0.102. The van der Waals surface area contributed by atoms with Gasteiger partial charge in [0, 0.05) is 17.0 Å². The lowest BCUT2D eigenvalue weighted by atomic mass is 10.0. The Morgan fingerprint density at radius 2 is 1.96 bits per heavy atom. The van der Waals surface area contributed by atoms with E-state index in [4.69, 9.17) is 14.2 Å². The van der Waals surface area contributed by atoms with Gasteiger partial charge in [0.15, 0.2) is 11.5 Å². The van der Waals surface area contributed by atoms with E-state index in [2.05, 4.69) is 11.4 Å². The van der Waals surface area contributed by atoms with Crippen molar-refractivity contribution in [1.82, 2.24) is 4.90 Å². The first-order valence-electron chi connectivity index (χ1n) is 8.43. The Morgan fingerprint density at radius 1 is 1.21 bits per heavy atom. The van der Waals surface area contributed by atoms with Crippen LogP contribution in [0.1, 0.15) is 26.4 Å². The van der Waals surface area contributed by atoms with Crippen molar-refractivity contribution in [2.24, 2.45) is 0 Å². The molecule has 0 radical (unpaired) electrons. The summed E-state index contributed by atoms with van der Waals surface area (Å²) in [5.74, 6) is 0.599. The fraction of sp³-hybridized carbons (Fsp3) is 0.316. The van der Waals surface area contributed by atoms with Gasteiger partial charge < -0.3 is 24.4 Å². The topological polar surface area (TPSA) is 101 Å². The standard InChI is InChI=1S/C19H19N3O5S/c1-25-14-5-4-11(8-15(14)26-2)17(23)21-18-13(9-20)12-6-7-22(19(24)27-3)10-16(12)28-18/h4-5,8H,6-7,10H2,1-3H3,(H,21,23). The molecule has 1 aromatic carbocycles. The summed E-state index contributed by atoms with van der Waals surface area (Å²) in [6.07, 6.45) is 0.129. The van der Waals surface area contributed by atoms with E-state index in [1.807, 2.05) is 0 Å². The van der Waals surface area contributed by atoms with Gasteiger partial charge in [-0.1, -0.05) is 0 Å². The van der Waals surface area contributed by atoms with E-state index >= 15 is 0 Å². The van der Waals surface area contributed by atoms with Crippen molar-refractivity contribution >= 4 is 28.3 Å². The van der Waals surface area contributed by atoms with Gasteiger partial charge in [-0.05, 0) is 30.2 Å². The van der Waals surface area contributed by atoms with Crippen LogP contribution in [-0.4, -0.2) is 44.8 Å². The van der Waals surface area contributed by atoms with Gasteiger partial charge in [-0.2, -0.15) is 5.26 Å². The first-order chi connectivity index (χ1) is 13.5. The van der Waals surface area contributed by atoms with Crippen LogP contribution in [0, 0.1) is 11.3 Å². The third-order valence-electron chi connectivity index (χ3n) is 4.47. The fourth-order valence-electron chi connectivity index (χ4n) is 3.05. The van der Waals surface area contributed by atoms with E-state index in [0.717, 1.165) is 10.4 Å². The van der Waals surface area contributed by atoms with Crippen molar-refractivity contribution in [2.75, 3.05) is 33.2 Å². The molecule has 0 bridgehead atoms. The molecule has 0 saturated carbocycles. The molecule has 2 heterocycles. The van der Waals surface area contributed by atoms with Crippen LogP contribution in [0.3, 0.4) is 0 Å². The number of fused-ring (bicyclic) bond motifs is 1. The number of methoxy groups -OCH3 is 3. The SMILES string of the molecule is COC(=O)N1CCc2c(sc(NC(=O)c3ccc(OC)c(OC)c3)c2C#N)C1. The Kier molecular flexibility index (Phi) is 5.70. The molecule has 146 valence electrons. The smallest absolute Gasteiger partial charge is 0.409 e. The number of thiophene rings is 1. The quantitative estimate of drug-likeness (QED) is 0.845. The van der Waals surface area contributed by atoms with Crippen LogP contribution in [0.5, 0.6) is 11.5 Å². The van der Waals surface area contributed by atoms with Crippen molar-refractivity contribution in [1.29, 1.82) is 5.26 Å². The van der Waals surface area contributed by atoms with Crippen LogP contribution in [0.4, 0.5) is 9.80 Å². The second-order valence-electron chi connectivity index (χ2n) is 5.99. The number of nitriles is 1. The average molecular weight is 401 g/mol. The third-order valence-corrected chi connectivity index (χ3v) is 5.61. The molecule has 8 nitrogen and oxygen atoms in total. The number of carbonyl (C=O) groups is 2. The van der Waals surface area contributed by atoms with Crippen LogP contribution in [0.25, 0.3) is 0 Å². The summed E-state index contributed by atoms with van der Waals surface area (Å²) in [4.78, 5) is 26.9. The molecule has 9 heteroatoms. The summed E-state index contributed by atoms with van der Waals surface area (Å²) in [5, 5.41) is 12.9. The fourth-order valence-corrected chi connectivity index (χ4v) is 4.26. The molecule has 1 aromatic heterocycles. The van der Waals surface area contributed by atoms with Crippen LogP contribution in [0.2, 0.25) is 0 Å². The predicted molar refractivity (Wildman–Crippen MR) is 103 cm³/mol. The van der Waals surface area contributed by atoms with Gasteiger partial charge in [-0.25, -0.2) is 4.79 Å². The first-order valence-corrected chi connectivity index (χ1v) is 9.24. The first kappa shape index (κ1) is 19.5. The summed E-state index contributed by atoms with van der Waals surface area (Å²) in [6.45, 7) is 0.821. The molecular formula is C19H19N3O5S. The number of hydrogen-bond acceptors (Lipinski definition) is 7. The second kappa shape index (κ2) is 8.19. The van der Waals surface area contributed by atoms with E-state index < -0.39 is 6.09 Å². The number of nitrogens with zero attached hydrogens (tertiary/aromatic N) is 2. The Balaban J connectivity index is 1.85. The van der Waals surface area contributed by atoms with E-state index in [1.54, 1.807) is 23.1 Å². The molecule has 0 fully saturated rings. The molecular weight excluding hydrogens is 382 g/mol. The maximum absolute atomic E-state index is 12.7. The number of amides is 2. The molecule has 0 aliphatic carbocycles. The summed E-state index contributed by atoms with van der Waals surface area (Å²) < 4.78 is 15.2. The number of benzene rings is 1. The summed E-state index contributed by atoms with van der Waals surface area (Å²) in [6, 6.07) is 7.02. The minimum atomic E-state index is -0.409. The highest BCUT2D eigenvalue weighted by molar-refractivity contribution is 7.16. The molecule has 3 rings (SSSR count). The number of carbonyl (C=O) groups excluding carboxylic acids is 2. The molecule has 1 aliphatic heterocycles. The number of ether oxygens (including phenoxy) is 3. The maximum atomic E-state index is 12.7. The number of nitrogens with one attached hydrogen (secondary N) is 1. The van der Waals surface area contributed by atoms with E-state index in [9.17, 15) is 14.9 Å². The summed E-state index contributed by atoms with van der Waals surface area (Å²) in [5.41, 5.74) is 1.69. The third kappa shape index (κ3) is 3.59. The van der Waals surface area contributed by atoms with Crippen LogP contribution in [-0.2, 0) is 17.7 Å². The largest absolute Gasteiger partial charge is 0.493 e. The van der Waals surface area contributed by atoms with Crippen molar-refractivity contribution in [3.05, 3.63) is 39.8 Å². The van der Waals surface area contributed by atoms with Crippen LogP contribution in [0.15, 0.2) is 18.2 Å². The van der Waals surface area contributed by atoms with Gasteiger partial charge in [0.25, 0.3) is 5.91 Å². The van der Waals surface area contributed by atoms with E-state index in [-0.39, 0.29) is 5.91 Å². The molecule has 0 spiro atoms. The van der Waals surface area contributed by atoms with Gasteiger partial charge >= 0.3 is 6.09 Å². The van der Waals surface area contributed by atoms with Gasteiger partial charge in [0.1, 0.15) is 11.1 Å². The molecule has 28 heavy (non-hydrogen) atoms. The monoisotopic (exact) mass is 401 g/mol. The van der Waals surface area contributed by atoms with Gasteiger partial charge in [0.2, 0.25) is 0 Å². The van der Waals surface area contributed by atoms with Crippen molar-refractivity contribution in [3.63, 3.8) is 0 Å². The Hall–Kier alpha value is -3.25. The van der Waals surface area contributed by atoms with E-state index in [0.29, 0.717) is 47.1 Å². The van der Waals surface area contributed by atoms with Crippen molar-refractivity contribution < 1.29 is 23.8 Å². The number of anilines is 1. The molecule has 1 N–H and O–H groups in total. The maximum Gasteiger partial charge on any atom is 0.409 e. The minimum Gasteiger partial charge on any atom is -0.493 e. The predicted octanol–water partition coefficient (Wildman–Crippen LogP) is 3.01. The lowest BCUT2D eigenvalue weighted by Crippen LogP contribution is -2.35. The van der Waals surface area contributed by atoms with Gasteiger partial charge in [0.05, 0.1) is 33.4 Å². The average Bonchev–Trinajstić information content (AvgIpc) is 3.08. The number of hydrogen-bond donors (Lipinski definition) is 1. The molecule has 0 unspecified atom stereocenters. The highest BCUT2D eigenvalue weighted by Gasteiger charge is 2.28. The zero-order chi connectivity index (χ0) is 20.3. The number of rotatable bonds is 4. The molecule has 1 aliphatic rings. The zero-order valence-corrected chi connectivity index (χ0v) is 16.5. The lowest BCUT2D eigenvalue weighted by Gasteiger charge is -2.25. The zero-order valence-electron chi connectivity index (χ0n) is 15.7. The normalized spacial score (nSPS) is 12.6.